The van der Waals surface area contributed by atoms with Crippen molar-refractivity contribution in [2.45, 2.75) is 50.9 Å². The van der Waals surface area contributed by atoms with Crippen LogP contribution in [0.15, 0.2) is 24.3 Å². The van der Waals surface area contributed by atoms with Gasteiger partial charge in [-0.25, -0.2) is 9.78 Å². The highest BCUT2D eigenvalue weighted by atomic mass is 19.4. The van der Waals surface area contributed by atoms with Gasteiger partial charge >= 0.3 is 12.2 Å². The summed E-state index contributed by atoms with van der Waals surface area (Å²) in [6, 6.07) is 5.34. The zero-order chi connectivity index (χ0) is 18.7. The second-order valence-corrected chi connectivity index (χ2v) is 6.36. The quantitative estimate of drug-likeness (QED) is 0.873. The number of imidazole rings is 1. The molecule has 0 unspecified atom stereocenters. The first-order valence-electron chi connectivity index (χ1n) is 8.47. The van der Waals surface area contributed by atoms with Gasteiger partial charge in [0.1, 0.15) is 6.54 Å². The van der Waals surface area contributed by atoms with Crippen LogP contribution >= 0.6 is 0 Å². The SMILES string of the molecule is O=C(Cn1c(C(F)(F)F)nc2ccccc21)NC(=O)NC1CCCCC1. The van der Waals surface area contributed by atoms with Gasteiger partial charge in [-0.2, -0.15) is 13.2 Å². The largest absolute Gasteiger partial charge is 0.449 e. The molecule has 140 valence electrons. The van der Waals surface area contributed by atoms with Gasteiger partial charge in [-0.05, 0) is 25.0 Å². The Hall–Kier alpha value is -2.58. The number of halogens is 3. The minimum atomic E-state index is -4.70. The molecular formula is C17H19F3N4O2. The van der Waals surface area contributed by atoms with E-state index in [4.69, 9.17) is 0 Å². The molecule has 1 fully saturated rings. The molecule has 1 aromatic carbocycles. The Morgan fingerprint density at radius 1 is 1.15 bits per heavy atom. The summed E-state index contributed by atoms with van der Waals surface area (Å²) in [5.41, 5.74) is 0.321. The number of rotatable bonds is 3. The van der Waals surface area contributed by atoms with Crippen molar-refractivity contribution in [3.05, 3.63) is 30.1 Å². The van der Waals surface area contributed by atoms with Crippen LogP contribution in [0.5, 0.6) is 0 Å². The number of imide groups is 1. The number of nitrogens with one attached hydrogen (secondary N) is 2. The van der Waals surface area contributed by atoms with Crippen LogP contribution in [0.4, 0.5) is 18.0 Å². The van der Waals surface area contributed by atoms with Crippen molar-refractivity contribution in [1.29, 1.82) is 0 Å². The highest BCUT2D eigenvalue weighted by Gasteiger charge is 2.38. The number of aromatic nitrogens is 2. The van der Waals surface area contributed by atoms with Crippen LogP contribution in [0.1, 0.15) is 37.9 Å². The summed E-state index contributed by atoms with van der Waals surface area (Å²) in [4.78, 5) is 27.6. The first-order chi connectivity index (χ1) is 12.3. The molecule has 9 heteroatoms. The average molecular weight is 368 g/mol. The second-order valence-electron chi connectivity index (χ2n) is 6.36. The van der Waals surface area contributed by atoms with Crippen LogP contribution < -0.4 is 10.6 Å². The molecule has 2 aromatic rings. The molecule has 1 aliphatic carbocycles. The molecule has 6 nitrogen and oxygen atoms in total. The number of carbonyl (C=O) groups excluding carboxylic acids is 2. The fourth-order valence-corrected chi connectivity index (χ4v) is 3.23. The molecule has 2 N–H and O–H groups in total. The van der Waals surface area contributed by atoms with Crippen LogP contribution in [0.2, 0.25) is 0 Å². The zero-order valence-electron chi connectivity index (χ0n) is 14.0. The molecule has 1 saturated carbocycles. The highest BCUT2D eigenvalue weighted by molar-refractivity contribution is 5.94. The van der Waals surface area contributed by atoms with E-state index in [1.807, 2.05) is 0 Å². The van der Waals surface area contributed by atoms with Crippen LogP contribution in [0.3, 0.4) is 0 Å². The molecule has 0 atom stereocenters. The molecule has 0 radical (unpaired) electrons. The molecule has 0 saturated heterocycles. The number of alkyl halides is 3. The van der Waals surface area contributed by atoms with Crippen LogP contribution in [0.25, 0.3) is 11.0 Å². The standard InChI is InChI=1S/C17H19F3N4O2/c18-17(19,20)15-22-12-8-4-5-9-13(12)24(15)10-14(25)23-16(26)21-11-6-2-1-3-7-11/h4-5,8-9,11H,1-3,6-7,10H2,(H2,21,23,25,26). The van der Waals surface area contributed by atoms with E-state index < -0.39 is 30.5 Å². The van der Waals surface area contributed by atoms with Crippen molar-refractivity contribution in [3.63, 3.8) is 0 Å². The molecule has 3 rings (SSSR count). The normalized spacial score (nSPS) is 15.8. The average Bonchev–Trinajstić information content (AvgIpc) is 2.94. The molecule has 1 aliphatic rings. The van der Waals surface area contributed by atoms with E-state index >= 15 is 0 Å². The minimum absolute atomic E-state index is 0.00337. The third-order valence-electron chi connectivity index (χ3n) is 4.40. The number of amides is 3. The Labute approximate surface area is 147 Å². The Morgan fingerprint density at radius 2 is 1.85 bits per heavy atom. The fraction of sp³-hybridized carbons (Fsp3) is 0.471. The number of hydrogen-bond donors (Lipinski definition) is 2. The van der Waals surface area contributed by atoms with Crippen molar-refractivity contribution >= 4 is 23.0 Å². The Morgan fingerprint density at radius 3 is 2.54 bits per heavy atom. The molecule has 1 aromatic heterocycles. The molecular weight excluding hydrogens is 349 g/mol. The van der Waals surface area contributed by atoms with E-state index in [1.165, 1.54) is 12.1 Å². The van der Waals surface area contributed by atoms with Crippen molar-refractivity contribution in [1.82, 2.24) is 20.2 Å². The zero-order valence-corrected chi connectivity index (χ0v) is 14.0. The van der Waals surface area contributed by atoms with E-state index in [-0.39, 0.29) is 17.1 Å². The molecule has 3 amide bonds. The monoisotopic (exact) mass is 368 g/mol. The number of fused-ring (bicyclic) bond motifs is 1. The summed E-state index contributed by atoms with van der Waals surface area (Å²) in [5, 5.41) is 4.80. The van der Waals surface area contributed by atoms with Crippen molar-refractivity contribution in [3.8, 4) is 0 Å². The molecule has 0 aliphatic heterocycles. The van der Waals surface area contributed by atoms with Gasteiger partial charge in [0.05, 0.1) is 11.0 Å². The lowest BCUT2D eigenvalue weighted by molar-refractivity contribution is -0.147. The maximum Gasteiger partial charge on any atom is 0.449 e. The van der Waals surface area contributed by atoms with Gasteiger partial charge in [0.15, 0.2) is 0 Å². The summed E-state index contributed by atoms with van der Waals surface area (Å²) in [6.07, 6.45) is 0.109. The fourth-order valence-electron chi connectivity index (χ4n) is 3.23. The number of benzene rings is 1. The Bertz CT molecular complexity index is 810. The number of carbonyl (C=O) groups is 2. The summed E-state index contributed by atoms with van der Waals surface area (Å²) in [7, 11) is 0. The van der Waals surface area contributed by atoms with Crippen LogP contribution in [-0.2, 0) is 17.5 Å². The van der Waals surface area contributed by atoms with E-state index in [0.717, 1.165) is 36.7 Å². The van der Waals surface area contributed by atoms with Crippen LogP contribution in [0, 0.1) is 0 Å². The number of para-hydroxylation sites is 2. The van der Waals surface area contributed by atoms with E-state index in [9.17, 15) is 22.8 Å². The molecule has 0 bridgehead atoms. The second kappa shape index (κ2) is 7.35. The lowest BCUT2D eigenvalue weighted by atomic mass is 9.96. The third kappa shape index (κ3) is 4.14. The number of nitrogens with zero attached hydrogens (tertiary/aromatic N) is 2. The maximum absolute atomic E-state index is 13.2. The van der Waals surface area contributed by atoms with E-state index in [2.05, 4.69) is 15.6 Å². The topological polar surface area (TPSA) is 76.0 Å². The first kappa shape index (κ1) is 18.2. The van der Waals surface area contributed by atoms with Gasteiger partial charge in [0.25, 0.3) is 0 Å². The van der Waals surface area contributed by atoms with Gasteiger partial charge in [-0.1, -0.05) is 31.4 Å². The third-order valence-corrected chi connectivity index (χ3v) is 4.40. The number of urea groups is 1. The van der Waals surface area contributed by atoms with E-state index in [0.29, 0.717) is 0 Å². The summed E-state index contributed by atoms with van der Waals surface area (Å²) < 4.78 is 40.4. The Balaban J connectivity index is 1.71. The highest BCUT2D eigenvalue weighted by Crippen LogP contribution is 2.31. The summed E-state index contributed by atoms with van der Waals surface area (Å²) in [5.74, 6) is -1.99. The molecule has 0 spiro atoms. The van der Waals surface area contributed by atoms with Gasteiger partial charge < -0.3 is 9.88 Å². The van der Waals surface area contributed by atoms with Gasteiger partial charge in [0.2, 0.25) is 11.7 Å². The maximum atomic E-state index is 13.2. The first-order valence-corrected chi connectivity index (χ1v) is 8.47. The lowest BCUT2D eigenvalue weighted by Gasteiger charge is -2.22. The van der Waals surface area contributed by atoms with Crippen molar-refractivity contribution in [2.24, 2.45) is 0 Å². The summed E-state index contributed by atoms with van der Waals surface area (Å²) in [6.45, 7) is -0.645. The molecule has 1 heterocycles. The van der Waals surface area contributed by atoms with Gasteiger partial charge in [-0.15, -0.1) is 0 Å². The van der Waals surface area contributed by atoms with Crippen molar-refractivity contribution < 1.29 is 22.8 Å². The minimum Gasteiger partial charge on any atom is -0.335 e. The van der Waals surface area contributed by atoms with Gasteiger partial charge in [-0.3, -0.25) is 10.1 Å². The number of hydrogen-bond acceptors (Lipinski definition) is 3. The van der Waals surface area contributed by atoms with Crippen molar-refractivity contribution in [2.75, 3.05) is 0 Å². The predicted octanol–water partition coefficient (Wildman–Crippen LogP) is 3.21. The van der Waals surface area contributed by atoms with E-state index in [1.54, 1.807) is 12.1 Å². The smallest absolute Gasteiger partial charge is 0.335 e. The molecule has 26 heavy (non-hydrogen) atoms. The predicted molar refractivity (Wildman–Crippen MR) is 88.3 cm³/mol. The summed E-state index contributed by atoms with van der Waals surface area (Å²) >= 11 is 0. The lowest BCUT2D eigenvalue weighted by Crippen LogP contribution is -2.46. The Kier molecular flexibility index (Phi) is 5.15. The van der Waals surface area contributed by atoms with Gasteiger partial charge in [0, 0.05) is 6.04 Å². The van der Waals surface area contributed by atoms with Crippen LogP contribution in [-0.4, -0.2) is 27.5 Å².